The molecular weight excluding hydrogens is 212 g/mol. The summed E-state index contributed by atoms with van der Waals surface area (Å²) < 4.78 is 28.1. The van der Waals surface area contributed by atoms with Crippen molar-refractivity contribution in [3.63, 3.8) is 0 Å². The Balaban J connectivity index is 3.28. The molecule has 2 N–H and O–H groups in total. The zero-order valence-corrected chi connectivity index (χ0v) is 11.0. The first-order valence-electron chi connectivity index (χ1n) is 4.99. The van der Waals surface area contributed by atoms with E-state index in [9.17, 15) is 8.42 Å². The predicted octanol–water partition coefficient (Wildman–Crippen LogP) is 1.73. The van der Waals surface area contributed by atoms with Gasteiger partial charge in [-0.2, -0.15) is 8.42 Å². The molecule has 0 aliphatic carbocycles. The molecule has 0 spiro atoms. The summed E-state index contributed by atoms with van der Waals surface area (Å²) >= 11 is 0. The monoisotopic (exact) mass is 232 g/mol. The molecule has 0 bridgehead atoms. The van der Waals surface area contributed by atoms with E-state index in [1.165, 1.54) is 0 Å². The Kier molecular flexibility index (Phi) is 2.59. The molecule has 5 heteroatoms. The molecule has 1 heterocycles. The van der Waals surface area contributed by atoms with Crippen molar-refractivity contribution < 1.29 is 8.42 Å². The topological polar surface area (TPSA) is 58.2 Å². The molecule has 1 aliphatic rings. The minimum absolute atomic E-state index is 0.209. The summed E-state index contributed by atoms with van der Waals surface area (Å²) in [5, 5.41) is 0. The van der Waals surface area contributed by atoms with Gasteiger partial charge in [0, 0.05) is 10.8 Å². The highest BCUT2D eigenvalue weighted by Gasteiger charge is 2.37. The van der Waals surface area contributed by atoms with Gasteiger partial charge >= 0.3 is 10.2 Å². The van der Waals surface area contributed by atoms with E-state index in [4.69, 9.17) is 0 Å². The molecular formula is C10H20N2O2S. The standard InChI is InChI=1S/C10H20N2O2S/c1-9(2,3)7-8(10(4,5)6)12-15(13,14)11-7/h11-12H,1-6H3. The zero-order valence-electron chi connectivity index (χ0n) is 10.2. The summed E-state index contributed by atoms with van der Waals surface area (Å²) in [7, 11) is -3.38. The molecule has 0 unspecified atom stereocenters. The highest BCUT2D eigenvalue weighted by Crippen LogP contribution is 2.36. The van der Waals surface area contributed by atoms with E-state index in [0.29, 0.717) is 0 Å². The van der Waals surface area contributed by atoms with Crippen LogP contribution in [0.15, 0.2) is 11.4 Å². The average molecular weight is 232 g/mol. The molecule has 88 valence electrons. The first-order chi connectivity index (χ1) is 6.43. The second-order valence-electron chi connectivity index (χ2n) is 5.96. The van der Waals surface area contributed by atoms with Crippen molar-refractivity contribution in [2.75, 3.05) is 0 Å². The van der Waals surface area contributed by atoms with Crippen molar-refractivity contribution >= 4 is 10.2 Å². The predicted molar refractivity (Wildman–Crippen MR) is 61.1 cm³/mol. The molecule has 0 saturated carbocycles. The Hall–Kier alpha value is -0.710. The molecule has 0 aromatic carbocycles. The fourth-order valence-electron chi connectivity index (χ4n) is 1.45. The molecule has 15 heavy (non-hydrogen) atoms. The normalized spacial score (nSPS) is 21.2. The maximum absolute atomic E-state index is 11.5. The number of rotatable bonds is 0. The second kappa shape index (κ2) is 3.14. The van der Waals surface area contributed by atoms with Crippen LogP contribution in [0.2, 0.25) is 0 Å². The molecule has 0 atom stereocenters. The van der Waals surface area contributed by atoms with Crippen LogP contribution < -0.4 is 9.44 Å². The summed E-state index contributed by atoms with van der Waals surface area (Å²) in [6.07, 6.45) is 0. The zero-order chi connectivity index (χ0) is 12.1. The van der Waals surface area contributed by atoms with E-state index in [2.05, 4.69) is 9.44 Å². The van der Waals surface area contributed by atoms with E-state index in [-0.39, 0.29) is 10.8 Å². The largest absolute Gasteiger partial charge is 0.321 e. The van der Waals surface area contributed by atoms with Crippen molar-refractivity contribution in [1.82, 2.24) is 9.44 Å². The van der Waals surface area contributed by atoms with Crippen LogP contribution >= 0.6 is 0 Å². The fraction of sp³-hybridized carbons (Fsp3) is 0.800. The SMILES string of the molecule is CC(C)(C)C1=C(C(C)(C)C)NS(=O)(=O)N1. The summed E-state index contributed by atoms with van der Waals surface area (Å²) in [6.45, 7) is 11.9. The van der Waals surface area contributed by atoms with Crippen molar-refractivity contribution in [3.05, 3.63) is 11.4 Å². The van der Waals surface area contributed by atoms with Crippen LogP contribution in [-0.2, 0) is 10.2 Å². The fourth-order valence-corrected chi connectivity index (χ4v) is 2.86. The van der Waals surface area contributed by atoms with Crippen molar-refractivity contribution in [1.29, 1.82) is 0 Å². The van der Waals surface area contributed by atoms with Gasteiger partial charge in [-0.05, 0) is 0 Å². The van der Waals surface area contributed by atoms with Gasteiger partial charge in [0.15, 0.2) is 0 Å². The van der Waals surface area contributed by atoms with Gasteiger partial charge in [0.25, 0.3) is 0 Å². The van der Waals surface area contributed by atoms with Crippen LogP contribution in [0.4, 0.5) is 0 Å². The van der Waals surface area contributed by atoms with Crippen molar-refractivity contribution in [2.45, 2.75) is 41.5 Å². The van der Waals surface area contributed by atoms with E-state index < -0.39 is 10.2 Å². The van der Waals surface area contributed by atoms with Gasteiger partial charge in [-0.1, -0.05) is 41.5 Å². The van der Waals surface area contributed by atoms with Crippen molar-refractivity contribution in [2.24, 2.45) is 10.8 Å². The quantitative estimate of drug-likeness (QED) is 0.668. The molecule has 0 saturated heterocycles. The van der Waals surface area contributed by atoms with Gasteiger partial charge in [0.1, 0.15) is 0 Å². The Labute approximate surface area is 92.3 Å². The third kappa shape index (κ3) is 2.65. The average Bonchev–Trinajstić information content (AvgIpc) is 2.23. The lowest BCUT2D eigenvalue weighted by Gasteiger charge is -2.26. The van der Waals surface area contributed by atoms with Crippen LogP contribution in [-0.4, -0.2) is 8.42 Å². The lowest BCUT2D eigenvalue weighted by molar-refractivity contribution is 0.432. The molecule has 1 rings (SSSR count). The summed E-state index contributed by atoms with van der Waals surface area (Å²) in [5.41, 5.74) is 1.10. The molecule has 0 amide bonds. The number of allylic oxidation sites excluding steroid dienone is 2. The van der Waals surface area contributed by atoms with Crippen molar-refractivity contribution in [3.8, 4) is 0 Å². The smallest absolute Gasteiger partial charge is 0.268 e. The Morgan fingerprint density at radius 3 is 1.27 bits per heavy atom. The van der Waals surface area contributed by atoms with E-state index in [0.717, 1.165) is 11.4 Å². The van der Waals surface area contributed by atoms with Gasteiger partial charge in [0.05, 0.1) is 11.4 Å². The highest BCUT2D eigenvalue weighted by atomic mass is 32.2. The minimum atomic E-state index is -3.38. The Morgan fingerprint density at radius 1 is 0.800 bits per heavy atom. The summed E-state index contributed by atoms with van der Waals surface area (Å²) in [6, 6.07) is 0. The minimum Gasteiger partial charge on any atom is -0.268 e. The third-order valence-electron chi connectivity index (χ3n) is 2.22. The van der Waals surface area contributed by atoms with E-state index >= 15 is 0 Å². The van der Waals surface area contributed by atoms with Crippen LogP contribution in [0, 0.1) is 10.8 Å². The molecule has 4 nitrogen and oxygen atoms in total. The first kappa shape index (κ1) is 12.4. The second-order valence-corrected chi connectivity index (χ2v) is 7.37. The molecule has 1 aliphatic heterocycles. The maximum Gasteiger partial charge on any atom is 0.321 e. The third-order valence-corrected chi connectivity index (χ3v) is 3.17. The van der Waals surface area contributed by atoms with Crippen LogP contribution in [0.25, 0.3) is 0 Å². The number of hydrogen-bond donors (Lipinski definition) is 2. The van der Waals surface area contributed by atoms with E-state index in [1.54, 1.807) is 0 Å². The maximum atomic E-state index is 11.5. The van der Waals surface area contributed by atoms with Gasteiger partial charge < -0.3 is 0 Å². The summed E-state index contributed by atoms with van der Waals surface area (Å²) in [4.78, 5) is 0. The van der Waals surface area contributed by atoms with Crippen LogP contribution in [0.1, 0.15) is 41.5 Å². The van der Waals surface area contributed by atoms with E-state index in [1.807, 2.05) is 41.5 Å². The lowest BCUT2D eigenvalue weighted by Crippen LogP contribution is -2.29. The van der Waals surface area contributed by atoms with Crippen LogP contribution in [0.3, 0.4) is 0 Å². The molecule has 0 aromatic heterocycles. The molecule has 0 aromatic rings. The number of nitrogens with one attached hydrogen (secondary N) is 2. The van der Waals surface area contributed by atoms with Crippen LogP contribution in [0.5, 0.6) is 0 Å². The first-order valence-corrected chi connectivity index (χ1v) is 6.47. The summed E-state index contributed by atoms with van der Waals surface area (Å²) in [5.74, 6) is 0. The Morgan fingerprint density at radius 2 is 1.07 bits per heavy atom. The van der Waals surface area contributed by atoms with Gasteiger partial charge in [-0.3, -0.25) is 9.44 Å². The van der Waals surface area contributed by atoms with Gasteiger partial charge in [0.2, 0.25) is 0 Å². The lowest BCUT2D eigenvalue weighted by atomic mass is 9.83. The molecule has 0 radical (unpaired) electrons. The number of hydrogen-bond acceptors (Lipinski definition) is 2. The van der Waals surface area contributed by atoms with Gasteiger partial charge in [-0.25, -0.2) is 0 Å². The highest BCUT2D eigenvalue weighted by molar-refractivity contribution is 7.88. The molecule has 0 fully saturated rings. The Bertz CT molecular complexity index is 362. The van der Waals surface area contributed by atoms with Gasteiger partial charge in [-0.15, -0.1) is 0 Å².